The van der Waals surface area contributed by atoms with Crippen LogP contribution in [0.4, 0.5) is 4.79 Å². The zero-order chi connectivity index (χ0) is 15.3. The minimum atomic E-state index is -1.14. The van der Waals surface area contributed by atoms with Crippen molar-refractivity contribution in [1.29, 1.82) is 0 Å². The fraction of sp³-hybridized carbons (Fsp3) is 0.250. The first-order valence-electron chi connectivity index (χ1n) is 5.57. The molecule has 0 spiro atoms. The monoisotopic (exact) mass is 316 g/mol. The highest BCUT2D eigenvalue weighted by Crippen LogP contribution is 2.27. The summed E-state index contributed by atoms with van der Waals surface area (Å²) in [5.74, 6) is -1.61. The van der Waals surface area contributed by atoms with Crippen molar-refractivity contribution in [3.63, 3.8) is 0 Å². The van der Waals surface area contributed by atoms with Crippen LogP contribution in [0.2, 0.25) is 5.02 Å². The van der Waals surface area contributed by atoms with Crippen LogP contribution in [0.15, 0.2) is 23.1 Å². The number of amides is 3. The molecule has 1 unspecified atom stereocenters. The zero-order valence-electron chi connectivity index (χ0n) is 10.8. The fourth-order valence-electron chi connectivity index (χ4n) is 1.28. The van der Waals surface area contributed by atoms with Crippen molar-refractivity contribution in [1.82, 2.24) is 10.6 Å². The van der Waals surface area contributed by atoms with E-state index in [1.54, 1.807) is 13.0 Å². The normalized spacial score (nSPS) is 11.6. The van der Waals surface area contributed by atoms with Gasteiger partial charge in [0.25, 0.3) is 0 Å². The van der Waals surface area contributed by atoms with Crippen molar-refractivity contribution >= 4 is 41.3 Å². The van der Waals surface area contributed by atoms with E-state index in [0.717, 1.165) is 11.8 Å². The number of benzene rings is 1. The molecule has 0 aliphatic rings. The van der Waals surface area contributed by atoms with Crippen LogP contribution in [0, 0.1) is 0 Å². The molecule has 6 nitrogen and oxygen atoms in total. The third kappa shape index (κ3) is 4.43. The van der Waals surface area contributed by atoms with Crippen molar-refractivity contribution in [2.24, 2.45) is 0 Å². The molecule has 8 heteroatoms. The third-order valence-corrected chi connectivity index (χ3v) is 3.74. The van der Waals surface area contributed by atoms with Crippen LogP contribution in [-0.2, 0) is 4.79 Å². The molecule has 0 saturated heterocycles. The van der Waals surface area contributed by atoms with Gasteiger partial charge < -0.3 is 10.4 Å². The number of hydrogen-bond acceptors (Lipinski definition) is 4. The zero-order valence-corrected chi connectivity index (χ0v) is 12.3. The molecule has 0 aromatic heterocycles. The van der Waals surface area contributed by atoms with E-state index >= 15 is 0 Å². The highest BCUT2D eigenvalue weighted by atomic mass is 35.5. The summed E-state index contributed by atoms with van der Waals surface area (Å²) in [5.41, 5.74) is -0.0319. The SMILES string of the molecule is CNC(=O)NC(=O)C(C)Sc1ccc(Cl)c(C(=O)O)c1. The Balaban J connectivity index is 2.78. The van der Waals surface area contributed by atoms with E-state index in [9.17, 15) is 14.4 Å². The van der Waals surface area contributed by atoms with E-state index in [1.807, 2.05) is 0 Å². The summed E-state index contributed by atoms with van der Waals surface area (Å²) in [6.45, 7) is 1.61. The Morgan fingerprint density at radius 2 is 2.00 bits per heavy atom. The predicted molar refractivity (Wildman–Crippen MR) is 76.3 cm³/mol. The van der Waals surface area contributed by atoms with Crippen LogP contribution in [0.5, 0.6) is 0 Å². The van der Waals surface area contributed by atoms with Gasteiger partial charge in [-0.15, -0.1) is 11.8 Å². The van der Waals surface area contributed by atoms with E-state index in [4.69, 9.17) is 16.7 Å². The molecule has 20 heavy (non-hydrogen) atoms. The molecular formula is C12H13ClN2O4S. The summed E-state index contributed by atoms with van der Waals surface area (Å²) in [7, 11) is 1.40. The molecule has 108 valence electrons. The molecule has 3 amide bonds. The molecule has 0 fully saturated rings. The molecule has 1 atom stereocenters. The number of rotatable bonds is 4. The van der Waals surface area contributed by atoms with Crippen LogP contribution in [0.1, 0.15) is 17.3 Å². The Bertz CT molecular complexity index is 550. The topological polar surface area (TPSA) is 95.5 Å². The van der Waals surface area contributed by atoms with E-state index < -0.39 is 23.2 Å². The lowest BCUT2D eigenvalue weighted by Gasteiger charge is -2.11. The van der Waals surface area contributed by atoms with Crippen LogP contribution in [-0.4, -0.2) is 35.3 Å². The number of carboxylic acids is 1. The number of nitrogens with one attached hydrogen (secondary N) is 2. The van der Waals surface area contributed by atoms with Gasteiger partial charge in [-0.1, -0.05) is 11.6 Å². The molecule has 1 rings (SSSR count). The Morgan fingerprint density at radius 3 is 2.55 bits per heavy atom. The van der Waals surface area contributed by atoms with Crippen LogP contribution < -0.4 is 10.6 Å². The first kappa shape index (κ1) is 16.3. The van der Waals surface area contributed by atoms with Crippen LogP contribution >= 0.6 is 23.4 Å². The van der Waals surface area contributed by atoms with Crippen molar-refractivity contribution in [3.8, 4) is 0 Å². The lowest BCUT2D eigenvalue weighted by atomic mass is 10.2. The van der Waals surface area contributed by atoms with E-state index in [1.165, 1.54) is 19.2 Å². The van der Waals surface area contributed by atoms with Gasteiger partial charge in [-0.05, 0) is 25.1 Å². The van der Waals surface area contributed by atoms with Crippen molar-refractivity contribution in [3.05, 3.63) is 28.8 Å². The quantitative estimate of drug-likeness (QED) is 0.738. The van der Waals surface area contributed by atoms with Gasteiger partial charge in [0.15, 0.2) is 0 Å². The number of imide groups is 1. The van der Waals surface area contributed by atoms with Crippen molar-refractivity contribution < 1.29 is 19.5 Å². The second-order valence-corrected chi connectivity index (χ2v) is 5.60. The summed E-state index contributed by atoms with van der Waals surface area (Å²) >= 11 is 6.89. The van der Waals surface area contributed by atoms with Gasteiger partial charge >= 0.3 is 12.0 Å². The smallest absolute Gasteiger partial charge is 0.337 e. The van der Waals surface area contributed by atoms with Gasteiger partial charge in [0.05, 0.1) is 15.8 Å². The molecule has 0 bridgehead atoms. The van der Waals surface area contributed by atoms with Gasteiger partial charge in [-0.3, -0.25) is 10.1 Å². The highest BCUT2D eigenvalue weighted by Gasteiger charge is 2.18. The number of aromatic carboxylic acids is 1. The highest BCUT2D eigenvalue weighted by molar-refractivity contribution is 8.00. The second kappa shape index (κ2) is 7.16. The van der Waals surface area contributed by atoms with Crippen molar-refractivity contribution in [2.45, 2.75) is 17.1 Å². The average Bonchev–Trinajstić information content (AvgIpc) is 2.40. The largest absolute Gasteiger partial charge is 0.478 e. The van der Waals surface area contributed by atoms with Gasteiger partial charge in [-0.25, -0.2) is 9.59 Å². The fourth-order valence-corrected chi connectivity index (χ4v) is 2.38. The molecule has 3 N–H and O–H groups in total. The third-order valence-electron chi connectivity index (χ3n) is 2.31. The van der Waals surface area contributed by atoms with Gasteiger partial charge in [0.2, 0.25) is 5.91 Å². The number of carboxylic acid groups (broad SMARTS) is 1. The number of hydrogen-bond donors (Lipinski definition) is 3. The Kier molecular flexibility index (Phi) is 5.84. The number of carbonyl (C=O) groups is 3. The average molecular weight is 317 g/mol. The second-order valence-electron chi connectivity index (χ2n) is 3.78. The predicted octanol–water partition coefficient (Wildman–Crippen LogP) is 1.97. The minimum absolute atomic E-state index is 0.0319. The summed E-state index contributed by atoms with van der Waals surface area (Å²) in [5, 5.41) is 12.9. The number of urea groups is 1. The summed E-state index contributed by atoms with van der Waals surface area (Å²) in [6.07, 6.45) is 0. The molecular weight excluding hydrogens is 304 g/mol. The van der Waals surface area contributed by atoms with Gasteiger partial charge in [0, 0.05) is 11.9 Å². The molecule has 1 aromatic carbocycles. The molecule has 1 aromatic rings. The lowest BCUT2D eigenvalue weighted by molar-refractivity contribution is -0.119. The maximum Gasteiger partial charge on any atom is 0.337 e. The summed E-state index contributed by atoms with van der Waals surface area (Å²) in [4.78, 5) is 34.2. The Labute approximate surface area is 124 Å². The minimum Gasteiger partial charge on any atom is -0.478 e. The number of thioether (sulfide) groups is 1. The van der Waals surface area contributed by atoms with Gasteiger partial charge in [0.1, 0.15) is 0 Å². The van der Waals surface area contributed by atoms with Crippen molar-refractivity contribution in [2.75, 3.05) is 7.05 Å². The number of carbonyl (C=O) groups excluding carboxylic acids is 2. The summed E-state index contributed by atoms with van der Waals surface area (Å²) in [6, 6.07) is 3.86. The first-order valence-corrected chi connectivity index (χ1v) is 6.83. The number of halogens is 1. The first-order chi connectivity index (χ1) is 9.35. The maximum atomic E-state index is 11.7. The standard InChI is InChI=1S/C12H13ClN2O4S/c1-6(10(16)15-12(19)14-2)20-7-3-4-9(13)8(5-7)11(17)18/h3-6H,1-2H3,(H,17,18)(H2,14,15,16,19). The molecule has 0 radical (unpaired) electrons. The molecule has 0 aliphatic carbocycles. The Hall–Kier alpha value is -1.73. The molecule has 0 heterocycles. The van der Waals surface area contributed by atoms with Gasteiger partial charge in [-0.2, -0.15) is 0 Å². The maximum absolute atomic E-state index is 11.7. The lowest BCUT2D eigenvalue weighted by Crippen LogP contribution is -2.41. The molecule has 0 saturated carbocycles. The molecule has 0 aliphatic heterocycles. The van der Waals surface area contributed by atoms with Crippen LogP contribution in [0.25, 0.3) is 0 Å². The van der Waals surface area contributed by atoms with Crippen LogP contribution in [0.3, 0.4) is 0 Å². The summed E-state index contributed by atoms with van der Waals surface area (Å²) < 4.78 is 0. The van der Waals surface area contributed by atoms with E-state index in [2.05, 4.69) is 10.6 Å². The Morgan fingerprint density at radius 1 is 1.35 bits per heavy atom. The van der Waals surface area contributed by atoms with E-state index in [0.29, 0.717) is 4.90 Å². The van der Waals surface area contributed by atoms with E-state index in [-0.39, 0.29) is 10.6 Å².